The van der Waals surface area contributed by atoms with Crippen LogP contribution in [0.5, 0.6) is 0 Å². The van der Waals surface area contributed by atoms with Gasteiger partial charge in [-0.05, 0) is 45.7 Å². The Morgan fingerprint density at radius 2 is 2.05 bits per heavy atom. The molecule has 2 N–H and O–H groups in total. The van der Waals surface area contributed by atoms with Gasteiger partial charge in [-0.1, -0.05) is 12.8 Å². The molecule has 3 rings (SSSR count). The number of aliphatic hydroxyl groups excluding tert-OH is 1. The monoisotopic (exact) mass is 307 g/mol. The Morgan fingerprint density at radius 3 is 2.73 bits per heavy atom. The minimum absolute atomic E-state index is 0.161. The van der Waals surface area contributed by atoms with Crippen molar-refractivity contribution >= 4 is 5.91 Å². The summed E-state index contributed by atoms with van der Waals surface area (Å²) < 4.78 is 5.09. The number of aromatic nitrogens is 1. The Bertz CT molecular complexity index is 510. The molecule has 6 heteroatoms. The third-order valence-corrected chi connectivity index (χ3v) is 4.96. The molecule has 1 amide bonds. The average molecular weight is 307 g/mol. The van der Waals surface area contributed by atoms with Gasteiger partial charge in [-0.25, -0.2) is 4.98 Å². The summed E-state index contributed by atoms with van der Waals surface area (Å²) >= 11 is 0. The Kier molecular flexibility index (Phi) is 4.78. The zero-order chi connectivity index (χ0) is 15.5. The van der Waals surface area contributed by atoms with Crippen molar-refractivity contribution in [3.8, 4) is 0 Å². The summed E-state index contributed by atoms with van der Waals surface area (Å²) in [5.41, 5.74) is 0.314. The predicted molar refractivity (Wildman–Crippen MR) is 81.6 cm³/mol. The smallest absolute Gasteiger partial charge is 0.273 e. The highest BCUT2D eigenvalue weighted by atomic mass is 16.3. The third kappa shape index (κ3) is 3.17. The number of amides is 1. The number of rotatable bonds is 3. The summed E-state index contributed by atoms with van der Waals surface area (Å²) in [7, 11) is 0. The van der Waals surface area contributed by atoms with Gasteiger partial charge >= 0.3 is 0 Å². The van der Waals surface area contributed by atoms with Crippen molar-refractivity contribution in [3.05, 3.63) is 17.8 Å². The van der Waals surface area contributed by atoms with Crippen LogP contribution in [0.4, 0.5) is 0 Å². The van der Waals surface area contributed by atoms with Gasteiger partial charge in [0, 0.05) is 6.04 Å². The maximum absolute atomic E-state index is 12.3. The van der Waals surface area contributed by atoms with Crippen molar-refractivity contribution < 1.29 is 14.3 Å². The van der Waals surface area contributed by atoms with E-state index in [9.17, 15) is 9.90 Å². The summed E-state index contributed by atoms with van der Waals surface area (Å²) in [6, 6.07) is -0.0506. The van der Waals surface area contributed by atoms with Crippen molar-refractivity contribution in [2.24, 2.45) is 0 Å². The predicted octanol–water partition coefficient (Wildman–Crippen LogP) is 1.48. The lowest BCUT2D eigenvalue weighted by Crippen LogP contribution is -2.52. The van der Waals surface area contributed by atoms with E-state index < -0.39 is 6.10 Å². The number of oxazole rings is 1. The molecule has 2 heterocycles. The molecule has 1 aromatic heterocycles. The van der Waals surface area contributed by atoms with Crippen LogP contribution in [0.3, 0.4) is 0 Å². The summed E-state index contributed by atoms with van der Waals surface area (Å²) in [6.45, 7) is 3.84. The molecule has 3 atom stereocenters. The molecular formula is C16H25N3O3. The van der Waals surface area contributed by atoms with E-state index in [1.54, 1.807) is 6.92 Å². The lowest BCUT2D eigenvalue weighted by molar-refractivity contribution is 0.0337. The lowest BCUT2D eigenvalue weighted by Gasteiger charge is -2.34. The highest BCUT2D eigenvalue weighted by molar-refractivity contribution is 5.93. The zero-order valence-electron chi connectivity index (χ0n) is 13.1. The van der Waals surface area contributed by atoms with Crippen molar-refractivity contribution in [1.29, 1.82) is 0 Å². The highest BCUT2D eigenvalue weighted by Gasteiger charge is 2.36. The van der Waals surface area contributed by atoms with Gasteiger partial charge < -0.3 is 14.8 Å². The number of nitrogens with one attached hydrogen (secondary N) is 1. The Morgan fingerprint density at radius 1 is 1.32 bits per heavy atom. The van der Waals surface area contributed by atoms with Crippen LogP contribution in [0.1, 0.15) is 54.8 Å². The fraction of sp³-hybridized carbons (Fsp3) is 0.750. The van der Waals surface area contributed by atoms with Gasteiger partial charge in [0.2, 0.25) is 0 Å². The van der Waals surface area contributed by atoms with Gasteiger partial charge in [0.15, 0.2) is 12.1 Å². The molecule has 6 nitrogen and oxygen atoms in total. The standard InChI is InChI=1S/C16H25N3O3/c1-11-14(17-10-22-11)16(21)18-12-6-2-3-7-13(15(12)20)19-8-4-5-9-19/h10,12-13,15,20H,2-9H2,1H3,(H,18,21)/t12-,13-,15-/m1/s1. The molecule has 1 saturated carbocycles. The Balaban J connectivity index is 1.68. The summed E-state index contributed by atoms with van der Waals surface area (Å²) in [5.74, 6) is 0.258. The van der Waals surface area contributed by atoms with E-state index in [1.807, 2.05) is 0 Å². The fourth-order valence-electron chi connectivity index (χ4n) is 3.72. The minimum Gasteiger partial charge on any atom is -0.448 e. The maximum atomic E-state index is 12.3. The molecule has 0 aromatic carbocycles. The number of nitrogens with zero attached hydrogens (tertiary/aromatic N) is 2. The average Bonchev–Trinajstić information content (AvgIpc) is 3.13. The largest absolute Gasteiger partial charge is 0.448 e. The number of carbonyl (C=O) groups is 1. The normalized spacial score (nSPS) is 30.2. The molecule has 1 aliphatic carbocycles. The SMILES string of the molecule is Cc1ocnc1C(=O)N[C@@H]1CCCC[C@@H](N2CCCC2)[C@@H]1O. The summed E-state index contributed by atoms with van der Waals surface area (Å²) in [5, 5.41) is 13.8. The van der Waals surface area contributed by atoms with Crippen molar-refractivity contribution in [3.63, 3.8) is 0 Å². The van der Waals surface area contributed by atoms with Gasteiger partial charge in [0.05, 0.1) is 12.1 Å². The van der Waals surface area contributed by atoms with Crippen LogP contribution in [-0.2, 0) is 0 Å². The summed E-state index contributed by atoms with van der Waals surface area (Å²) in [4.78, 5) is 18.7. The molecule has 0 spiro atoms. The molecule has 0 unspecified atom stereocenters. The molecule has 0 radical (unpaired) electrons. The van der Waals surface area contributed by atoms with Gasteiger partial charge in [-0.2, -0.15) is 0 Å². The molecule has 22 heavy (non-hydrogen) atoms. The van der Waals surface area contributed by atoms with E-state index in [2.05, 4.69) is 15.2 Å². The Hall–Kier alpha value is -1.40. The van der Waals surface area contributed by atoms with Crippen molar-refractivity contribution in [2.75, 3.05) is 13.1 Å². The first kappa shape index (κ1) is 15.5. The first-order valence-electron chi connectivity index (χ1n) is 8.30. The number of hydrogen-bond acceptors (Lipinski definition) is 5. The maximum Gasteiger partial charge on any atom is 0.273 e. The second-order valence-electron chi connectivity index (χ2n) is 6.42. The first-order valence-corrected chi connectivity index (χ1v) is 8.30. The van der Waals surface area contributed by atoms with Crippen molar-refractivity contribution in [1.82, 2.24) is 15.2 Å². The van der Waals surface area contributed by atoms with Crippen LogP contribution in [0.2, 0.25) is 0 Å². The fourth-order valence-corrected chi connectivity index (χ4v) is 3.72. The van der Waals surface area contributed by atoms with Crippen LogP contribution in [0.25, 0.3) is 0 Å². The van der Waals surface area contributed by atoms with Gasteiger partial charge in [0.25, 0.3) is 5.91 Å². The van der Waals surface area contributed by atoms with Gasteiger partial charge in [-0.15, -0.1) is 0 Å². The zero-order valence-corrected chi connectivity index (χ0v) is 13.1. The lowest BCUT2D eigenvalue weighted by atomic mass is 10.00. The van der Waals surface area contributed by atoms with E-state index in [0.29, 0.717) is 11.5 Å². The third-order valence-electron chi connectivity index (χ3n) is 4.96. The number of aliphatic hydroxyl groups is 1. The number of hydrogen-bond donors (Lipinski definition) is 2. The van der Waals surface area contributed by atoms with Crippen molar-refractivity contribution in [2.45, 2.75) is 63.6 Å². The number of aryl methyl sites for hydroxylation is 1. The topological polar surface area (TPSA) is 78.6 Å². The highest BCUT2D eigenvalue weighted by Crippen LogP contribution is 2.26. The van der Waals surface area contributed by atoms with Crippen LogP contribution in [-0.4, -0.2) is 52.2 Å². The molecule has 2 aliphatic rings. The number of carbonyl (C=O) groups excluding carboxylic acids is 1. The van der Waals surface area contributed by atoms with Gasteiger partial charge in [-0.3, -0.25) is 9.69 Å². The molecule has 0 bridgehead atoms. The second kappa shape index (κ2) is 6.79. The second-order valence-corrected chi connectivity index (χ2v) is 6.42. The molecule has 1 aromatic rings. The summed E-state index contributed by atoms with van der Waals surface area (Å²) in [6.07, 6.45) is 7.14. The van der Waals surface area contributed by atoms with E-state index in [4.69, 9.17) is 4.42 Å². The van der Waals surface area contributed by atoms with E-state index >= 15 is 0 Å². The van der Waals surface area contributed by atoms with Gasteiger partial charge in [0.1, 0.15) is 5.76 Å². The van der Waals surface area contributed by atoms with Crippen LogP contribution in [0.15, 0.2) is 10.8 Å². The number of likely N-dealkylation sites (tertiary alicyclic amines) is 1. The molecule has 1 saturated heterocycles. The van der Waals surface area contributed by atoms with E-state index in [1.165, 1.54) is 19.2 Å². The van der Waals surface area contributed by atoms with Crippen LogP contribution in [0, 0.1) is 6.92 Å². The van der Waals surface area contributed by atoms with Crippen LogP contribution >= 0.6 is 0 Å². The van der Waals surface area contributed by atoms with Crippen LogP contribution < -0.4 is 5.32 Å². The molecule has 2 fully saturated rings. The first-order chi connectivity index (χ1) is 10.7. The molecule has 1 aliphatic heterocycles. The van der Waals surface area contributed by atoms with E-state index in [0.717, 1.165) is 38.8 Å². The Labute approximate surface area is 130 Å². The molecular weight excluding hydrogens is 282 g/mol. The van der Waals surface area contributed by atoms with E-state index in [-0.39, 0.29) is 18.0 Å². The molecule has 122 valence electrons. The quantitative estimate of drug-likeness (QED) is 0.827. The minimum atomic E-state index is -0.517.